The number of pyridine rings is 1. The second-order valence-electron chi connectivity index (χ2n) is 12.4. The number of aromatic nitrogens is 1. The maximum absolute atomic E-state index is 13.6. The number of piperidine rings is 2. The lowest BCUT2D eigenvalue weighted by Gasteiger charge is -2.47. The maximum atomic E-state index is 13.6. The van der Waals surface area contributed by atoms with Crippen molar-refractivity contribution in [2.75, 3.05) is 38.1 Å². The molecule has 234 valence electrons. The van der Waals surface area contributed by atoms with Crippen LogP contribution < -0.4 is 4.90 Å². The van der Waals surface area contributed by atoms with E-state index in [0.29, 0.717) is 31.5 Å². The Labute approximate surface area is 256 Å². The van der Waals surface area contributed by atoms with E-state index < -0.39 is 33.6 Å². The highest BCUT2D eigenvalue weighted by Crippen LogP contribution is 2.43. The van der Waals surface area contributed by atoms with Crippen LogP contribution in [0.15, 0.2) is 67.0 Å². The largest absolute Gasteiger partial charge is 0.416 e. The minimum Gasteiger partial charge on any atom is -0.371 e. The molecule has 1 aliphatic carbocycles. The highest BCUT2D eigenvalue weighted by molar-refractivity contribution is 7.88. The number of anilines is 1. The lowest BCUT2D eigenvalue weighted by Crippen LogP contribution is -2.48. The summed E-state index contributed by atoms with van der Waals surface area (Å²) in [5, 5.41) is 0. The van der Waals surface area contributed by atoms with Gasteiger partial charge in [-0.25, -0.2) is 8.42 Å². The Morgan fingerprint density at radius 1 is 0.977 bits per heavy atom. The van der Waals surface area contributed by atoms with E-state index >= 15 is 0 Å². The van der Waals surface area contributed by atoms with Crippen LogP contribution in [0.2, 0.25) is 0 Å². The van der Waals surface area contributed by atoms with Crippen molar-refractivity contribution in [1.29, 1.82) is 0 Å². The summed E-state index contributed by atoms with van der Waals surface area (Å²) in [6, 6.07) is 13.8. The zero-order valence-corrected chi connectivity index (χ0v) is 25.6. The Balaban J connectivity index is 1.11. The van der Waals surface area contributed by atoms with Gasteiger partial charge in [0.15, 0.2) is 0 Å². The number of amides is 1. The fraction of sp³-hybridized carbons (Fsp3) is 0.455. The van der Waals surface area contributed by atoms with Crippen LogP contribution in [-0.2, 0) is 28.4 Å². The van der Waals surface area contributed by atoms with Crippen LogP contribution in [0, 0.1) is 5.41 Å². The van der Waals surface area contributed by atoms with Gasteiger partial charge in [-0.3, -0.25) is 9.78 Å². The Bertz CT molecular complexity index is 1610. The predicted molar refractivity (Wildman–Crippen MR) is 163 cm³/mol. The van der Waals surface area contributed by atoms with E-state index in [-0.39, 0.29) is 16.9 Å². The van der Waals surface area contributed by atoms with Gasteiger partial charge in [-0.1, -0.05) is 24.3 Å². The Hall–Kier alpha value is -3.44. The Morgan fingerprint density at radius 3 is 2.32 bits per heavy atom. The summed E-state index contributed by atoms with van der Waals surface area (Å²) in [7, 11) is -2.66. The van der Waals surface area contributed by atoms with Crippen molar-refractivity contribution in [3.63, 3.8) is 0 Å². The number of sulfonamides is 1. The molecule has 2 aliphatic heterocycles. The van der Waals surface area contributed by atoms with Crippen LogP contribution in [0.4, 0.5) is 18.9 Å². The molecule has 2 fully saturated rings. The van der Waals surface area contributed by atoms with Gasteiger partial charge in [0.1, 0.15) is 0 Å². The molecule has 0 saturated carbocycles. The predicted octanol–water partition coefficient (Wildman–Crippen LogP) is 6.07. The fourth-order valence-electron chi connectivity index (χ4n) is 7.17. The second-order valence-corrected chi connectivity index (χ2v) is 14.4. The molecule has 2 aromatic carbocycles. The number of rotatable bonds is 6. The average Bonchev–Trinajstić information content (AvgIpc) is 3.44. The molecular weight excluding hydrogens is 589 g/mol. The number of likely N-dealkylation sites (tertiary alicyclic amines) is 1. The zero-order valence-electron chi connectivity index (χ0n) is 24.8. The lowest BCUT2D eigenvalue weighted by atomic mass is 9.71. The van der Waals surface area contributed by atoms with Crippen molar-refractivity contribution in [2.24, 2.45) is 5.41 Å². The Morgan fingerprint density at radius 2 is 1.64 bits per heavy atom. The second kappa shape index (κ2) is 11.8. The summed E-state index contributed by atoms with van der Waals surface area (Å²) in [6.45, 7) is 3.34. The van der Waals surface area contributed by atoms with Gasteiger partial charge in [0.2, 0.25) is 10.0 Å². The van der Waals surface area contributed by atoms with Crippen molar-refractivity contribution in [3.8, 4) is 0 Å². The smallest absolute Gasteiger partial charge is 0.371 e. The van der Waals surface area contributed by atoms with E-state index in [1.165, 1.54) is 35.2 Å². The summed E-state index contributed by atoms with van der Waals surface area (Å²) in [5.41, 5.74) is 2.45. The average molecular weight is 627 g/mol. The molecule has 0 radical (unpaired) electrons. The number of alkyl halides is 3. The van der Waals surface area contributed by atoms with Crippen LogP contribution in [0.3, 0.4) is 0 Å². The standard InChI is InChI=1S/C33H37F3N4O3S/c1-38(44(42,43)23-26-4-2-3-5-29(26)33(34,35)36)30-9-8-24-6-7-25(22-28(24)30)31(41)40-20-14-32(15-21-40)12-18-39(19-13-32)27-10-16-37-17-11-27/h2-7,10-11,16-17,22,30H,8-9,12-15,18-21,23H2,1H3. The molecule has 0 bridgehead atoms. The molecule has 3 aliphatic rings. The van der Waals surface area contributed by atoms with Crippen LogP contribution in [0.1, 0.15) is 70.8 Å². The summed E-state index contributed by atoms with van der Waals surface area (Å²) < 4.78 is 68.5. The molecule has 44 heavy (non-hydrogen) atoms. The molecule has 3 aromatic rings. The summed E-state index contributed by atoms with van der Waals surface area (Å²) >= 11 is 0. The van der Waals surface area contributed by atoms with Crippen LogP contribution >= 0.6 is 0 Å². The third-order valence-electron chi connectivity index (χ3n) is 9.94. The summed E-state index contributed by atoms with van der Waals surface area (Å²) in [5.74, 6) is -0.813. The minimum atomic E-state index is -4.65. The number of aryl methyl sites for hydroxylation is 1. The molecule has 1 aromatic heterocycles. The molecule has 11 heteroatoms. The van der Waals surface area contributed by atoms with E-state index in [1.54, 1.807) is 6.07 Å². The van der Waals surface area contributed by atoms with Gasteiger partial charge in [-0.15, -0.1) is 0 Å². The first-order chi connectivity index (χ1) is 21.0. The number of hydrogen-bond donors (Lipinski definition) is 0. The van der Waals surface area contributed by atoms with Crippen molar-refractivity contribution in [3.05, 3.63) is 94.8 Å². The van der Waals surface area contributed by atoms with Gasteiger partial charge in [-0.2, -0.15) is 17.5 Å². The van der Waals surface area contributed by atoms with E-state index in [0.717, 1.165) is 56.0 Å². The van der Waals surface area contributed by atoms with E-state index in [9.17, 15) is 26.4 Å². The Kier molecular flexibility index (Phi) is 8.21. The van der Waals surface area contributed by atoms with Gasteiger partial charge in [0.25, 0.3) is 5.91 Å². The molecule has 1 unspecified atom stereocenters. The van der Waals surface area contributed by atoms with Crippen molar-refractivity contribution < 1.29 is 26.4 Å². The molecular formula is C33H37F3N4O3S. The maximum Gasteiger partial charge on any atom is 0.416 e. The van der Waals surface area contributed by atoms with Gasteiger partial charge < -0.3 is 9.80 Å². The van der Waals surface area contributed by atoms with Crippen molar-refractivity contribution in [1.82, 2.24) is 14.2 Å². The topological polar surface area (TPSA) is 73.8 Å². The first-order valence-corrected chi connectivity index (χ1v) is 16.7. The van der Waals surface area contributed by atoms with Crippen LogP contribution in [0.5, 0.6) is 0 Å². The number of hydrogen-bond acceptors (Lipinski definition) is 5. The third kappa shape index (κ3) is 6.08. The van der Waals surface area contributed by atoms with Crippen LogP contribution in [-0.4, -0.2) is 61.7 Å². The molecule has 1 spiro atoms. The molecule has 1 amide bonds. The first-order valence-electron chi connectivity index (χ1n) is 15.1. The minimum absolute atomic E-state index is 0.0628. The SMILES string of the molecule is CN(C1CCc2ccc(C(=O)N3CCC4(CC3)CCN(c3ccncc3)CC4)cc21)S(=O)(=O)Cc1ccccc1C(F)(F)F. The summed E-state index contributed by atoms with van der Waals surface area (Å²) in [6.07, 6.45) is 4.22. The monoisotopic (exact) mass is 626 g/mol. The summed E-state index contributed by atoms with van der Waals surface area (Å²) in [4.78, 5) is 22.0. The quantitative estimate of drug-likeness (QED) is 0.332. The molecule has 3 heterocycles. The molecule has 7 nitrogen and oxygen atoms in total. The van der Waals surface area contributed by atoms with Gasteiger partial charge in [0, 0.05) is 62.9 Å². The number of benzene rings is 2. The van der Waals surface area contributed by atoms with E-state index in [2.05, 4.69) is 9.88 Å². The number of halogens is 3. The molecule has 2 saturated heterocycles. The number of carbonyl (C=O) groups is 1. The van der Waals surface area contributed by atoms with Gasteiger partial charge in [0.05, 0.1) is 11.3 Å². The highest BCUT2D eigenvalue weighted by atomic mass is 32.2. The number of carbonyl (C=O) groups excluding carboxylic acids is 1. The number of fused-ring (bicyclic) bond motifs is 1. The fourth-order valence-corrected chi connectivity index (χ4v) is 8.62. The number of nitrogens with zero attached hydrogens (tertiary/aromatic N) is 4. The molecule has 0 N–H and O–H groups in total. The zero-order chi connectivity index (χ0) is 31.1. The molecule has 6 rings (SSSR count). The first kappa shape index (κ1) is 30.6. The van der Waals surface area contributed by atoms with Gasteiger partial charge >= 0.3 is 6.18 Å². The molecule has 1 atom stereocenters. The van der Waals surface area contributed by atoms with Crippen molar-refractivity contribution >= 4 is 21.6 Å². The van der Waals surface area contributed by atoms with Gasteiger partial charge in [-0.05, 0) is 91.0 Å². The lowest BCUT2D eigenvalue weighted by molar-refractivity contribution is -0.138. The van der Waals surface area contributed by atoms with E-state index in [4.69, 9.17) is 0 Å². The normalized spacial score (nSPS) is 20.2. The highest BCUT2D eigenvalue weighted by Gasteiger charge is 2.40. The van der Waals surface area contributed by atoms with E-state index in [1.807, 2.05) is 41.6 Å². The third-order valence-corrected chi connectivity index (χ3v) is 11.7. The van der Waals surface area contributed by atoms with Crippen molar-refractivity contribution in [2.45, 2.75) is 56.5 Å². The van der Waals surface area contributed by atoms with Crippen LogP contribution in [0.25, 0.3) is 0 Å².